The summed E-state index contributed by atoms with van der Waals surface area (Å²) in [5.74, 6) is 0. The molecule has 48 heavy (non-hydrogen) atoms. The van der Waals surface area contributed by atoms with Gasteiger partial charge in [-0.05, 0) is 57.5 Å². The summed E-state index contributed by atoms with van der Waals surface area (Å²) in [6, 6.07) is 66.9. The van der Waals surface area contributed by atoms with E-state index >= 15 is 0 Å². The Hall–Kier alpha value is -6.38. The van der Waals surface area contributed by atoms with Crippen molar-refractivity contribution in [2.45, 2.75) is 0 Å². The molecular formula is C46H31NO. The molecule has 0 N–H and O–H groups in total. The minimum Gasteiger partial charge on any atom is -0.454 e. The fraction of sp³-hybridized carbons (Fsp3) is 0. The van der Waals surface area contributed by atoms with Crippen LogP contribution >= 0.6 is 0 Å². The van der Waals surface area contributed by atoms with Gasteiger partial charge in [0.15, 0.2) is 5.58 Å². The van der Waals surface area contributed by atoms with Crippen molar-refractivity contribution in [2.24, 2.45) is 0 Å². The Bertz CT molecular complexity index is 2560. The highest BCUT2D eigenvalue weighted by atomic mass is 16.3. The third-order valence-electron chi connectivity index (χ3n) is 9.28. The molecule has 226 valence electrons. The molecule has 0 spiro atoms. The molecule has 0 aliphatic rings. The van der Waals surface area contributed by atoms with E-state index in [0.717, 1.165) is 50.1 Å². The second-order valence-corrected chi connectivity index (χ2v) is 12.1. The maximum atomic E-state index is 6.73. The number of benzene rings is 8. The standard InChI is InChI=1S/C46H31NO/c1-3-16-32(17-4-1)35-22-9-10-25-39(35)45-37(34-18-5-2-6-19-34)26-14-29-42(45)47(41-28-13-21-33-20-7-8-23-36(33)41)43-30-15-27-40-38-24-11-12-31-44(38)48-46(40)43/h1-31H. The van der Waals surface area contributed by atoms with Crippen LogP contribution in [0.3, 0.4) is 0 Å². The Balaban J connectivity index is 1.43. The molecule has 2 nitrogen and oxygen atoms in total. The van der Waals surface area contributed by atoms with E-state index in [1.807, 2.05) is 6.07 Å². The van der Waals surface area contributed by atoms with Crippen LogP contribution in [0.2, 0.25) is 0 Å². The van der Waals surface area contributed by atoms with E-state index in [4.69, 9.17) is 4.42 Å². The number of anilines is 3. The summed E-state index contributed by atoms with van der Waals surface area (Å²) in [5, 5.41) is 4.56. The first-order chi connectivity index (χ1) is 23.8. The molecule has 1 aromatic heterocycles. The molecule has 0 fully saturated rings. The largest absolute Gasteiger partial charge is 0.454 e. The van der Waals surface area contributed by atoms with Crippen LogP contribution in [0.5, 0.6) is 0 Å². The fourth-order valence-electron chi connectivity index (χ4n) is 7.14. The van der Waals surface area contributed by atoms with Gasteiger partial charge >= 0.3 is 0 Å². The van der Waals surface area contributed by atoms with Crippen molar-refractivity contribution in [1.82, 2.24) is 0 Å². The molecule has 0 aliphatic carbocycles. The number of para-hydroxylation sites is 2. The van der Waals surface area contributed by atoms with E-state index < -0.39 is 0 Å². The van der Waals surface area contributed by atoms with Gasteiger partial charge in [-0.2, -0.15) is 0 Å². The Morgan fingerprint density at radius 3 is 1.67 bits per heavy atom. The molecule has 0 amide bonds. The number of nitrogens with zero attached hydrogens (tertiary/aromatic N) is 1. The van der Waals surface area contributed by atoms with Crippen LogP contribution in [0.25, 0.3) is 66.1 Å². The molecule has 0 radical (unpaired) electrons. The van der Waals surface area contributed by atoms with Gasteiger partial charge in [-0.25, -0.2) is 0 Å². The summed E-state index contributed by atoms with van der Waals surface area (Å²) >= 11 is 0. The van der Waals surface area contributed by atoms with Crippen LogP contribution in [0, 0.1) is 0 Å². The Labute approximate surface area is 279 Å². The number of furan rings is 1. The predicted octanol–water partition coefficient (Wildman–Crippen LogP) is 13.2. The minimum absolute atomic E-state index is 0.860. The minimum atomic E-state index is 0.860. The third-order valence-corrected chi connectivity index (χ3v) is 9.28. The van der Waals surface area contributed by atoms with Gasteiger partial charge in [-0.3, -0.25) is 0 Å². The smallest absolute Gasteiger partial charge is 0.159 e. The normalized spacial score (nSPS) is 11.3. The average molecular weight is 614 g/mol. The van der Waals surface area contributed by atoms with Crippen molar-refractivity contribution in [1.29, 1.82) is 0 Å². The van der Waals surface area contributed by atoms with Gasteiger partial charge in [0.25, 0.3) is 0 Å². The maximum absolute atomic E-state index is 6.73. The van der Waals surface area contributed by atoms with Crippen LogP contribution in [-0.2, 0) is 0 Å². The van der Waals surface area contributed by atoms with Crippen molar-refractivity contribution < 1.29 is 4.42 Å². The number of hydrogen-bond acceptors (Lipinski definition) is 2. The molecule has 0 saturated heterocycles. The van der Waals surface area contributed by atoms with E-state index in [1.165, 1.54) is 33.0 Å². The van der Waals surface area contributed by atoms with Gasteiger partial charge in [0, 0.05) is 21.7 Å². The van der Waals surface area contributed by atoms with E-state index in [0.29, 0.717) is 0 Å². The molecular weight excluding hydrogens is 583 g/mol. The Kier molecular flexibility index (Phi) is 6.84. The molecule has 9 aromatic rings. The van der Waals surface area contributed by atoms with Gasteiger partial charge in [-0.15, -0.1) is 0 Å². The first kappa shape index (κ1) is 27.9. The summed E-state index contributed by atoms with van der Waals surface area (Å²) in [7, 11) is 0. The zero-order valence-electron chi connectivity index (χ0n) is 26.3. The molecule has 8 aromatic carbocycles. The zero-order chi connectivity index (χ0) is 31.9. The molecule has 0 bridgehead atoms. The van der Waals surface area contributed by atoms with Gasteiger partial charge in [0.1, 0.15) is 5.58 Å². The molecule has 9 rings (SSSR count). The van der Waals surface area contributed by atoms with Gasteiger partial charge in [0.2, 0.25) is 0 Å². The lowest BCUT2D eigenvalue weighted by molar-refractivity contribution is 0.669. The average Bonchev–Trinajstić information content (AvgIpc) is 3.55. The van der Waals surface area contributed by atoms with Gasteiger partial charge in [-0.1, -0.05) is 164 Å². The van der Waals surface area contributed by atoms with Gasteiger partial charge in [0.05, 0.1) is 17.1 Å². The van der Waals surface area contributed by atoms with Crippen molar-refractivity contribution >= 4 is 49.8 Å². The van der Waals surface area contributed by atoms with Crippen LogP contribution in [-0.4, -0.2) is 0 Å². The second kappa shape index (κ2) is 11.8. The van der Waals surface area contributed by atoms with Gasteiger partial charge < -0.3 is 9.32 Å². The Morgan fingerprint density at radius 2 is 0.854 bits per heavy atom. The molecule has 0 atom stereocenters. The lowest BCUT2D eigenvalue weighted by Gasteiger charge is -2.30. The SMILES string of the molecule is c1ccc(-c2ccccc2-c2c(-c3ccccc3)cccc2N(c2cccc3ccccc23)c2cccc3c2oc2ccccc23)cc1. The summed E-state index contributed by atoms with van der Waals surface area (Å²) < 4.78 is 6.73. The first-order valence-electron chi connectivity index (χ1n) is 16.4. The topological polar surface area (TPSA) is 16.4 Å². The zero-order valence-corrected chi connectivity index (χ0v) is 26.3. The van der Waals surface area contributed by atoms with Crippen LogP contribution in [0.4, 0.5) is 17.1 Å². The monoisotopic (exact) mass is 613 g/mol. The van der Waals surface area contributed by atoms with Crippen LogP contribution < -0.4 is 4.90 Å². The first-order valence-corrected chi connectivity index (χ1v) is 16.4. The summed E-state index contributed by atoms with van der Waals surface area (Å²) in [5.41, 5.74) is 11.9. The highest BCUT2D eigenvalue weighted by molar-refractivity contribution is 6.13. The van der Waals surface area contributed by atoms with Crippen molar-refractivity contribution in [3.05, 3.63) is 188 Å². The van der Waals surface area contributed by atoms with Crippen LogP contribution in [0.15, 0.2) is 192 Å². The quantitative estimate of drug-likeness (QED) is 0.185. The third kappa shape index (κ3) is 4.66. The van der Waals surface area contributed by atoms with E-state index in [2.05, 4.69) is 187 Å². The number of hydrogen-bond donors (Lipinski definition) is 0. The molecule has 0 aliphatic heterocycles. The second-order valence-electron chi connectivity index (χ2n) is 12.1. The highest BCUT2D eigenvalue weighted by Gasteiger charge is 2.26. The molecule has 1 heterocycles. The molecule has 0 saturated carbocycles. The summed E-state index contributed by atoms with van der Waals surface area (Å²) in [6.07, 6.45) is 0. The van der Waals surface area contributed by atoms with Crippen molar-refractivity contribution in [3.8, 4) is 33.4 Å². The molecule has 2 heteroatoms. The van der Waals surface area contributed by atoms with Crippen LogP contribution in [0.1, 0.15) is 0 Å². The number of fused-ring (bicyclic) bond motifs is 4. The lowest BCUT2D eigenvalue weighted by atomic mass is 9.87. The summed E-state index contributed by atoms with van der Waals surface area (Å²) in [6.45, 7) is 0. The number of rotatable bonds is 6. The highest BCUT2D eigenvalue weighted by Crippen LogP contribution is 2.50. The van der Waals surface area contributed by atoms with E-state index in [1.54, 1.807) is 0 Å². The molecule has 0 unspecified atom stereocenters. The fourth-order valence-corrected chi connectivity index (χ4v) is 7.14. The van der Waals surface area contributed by atoms with Crippen molar-refractivity contribution in [2.75, 3.05) is 4.90 Å². The van der Waals surface area contributed by atoms with E-state index in [-0.39, 0.29) is 0 Å². The Morgan fingerprint density at radius 1 is 0.333 bits per heavy atom. The lowest BCUT2D eigenvalue weighted by Crippen LogP contribution is -2.12. The summed E-state index contributed by atoms with van der Waals surface area (Å²) in [4.78, 5) is 2.41. The van der Waals surface area contributed by atoms with Crippen molar-refractivity contribution in [3.63, 3.8) is 0 Å². The van der Waals surface area contributed by atoms with E-state index in [9.17, 15) is 0 Å². The maximum Gasteiger partial charge on any atom is 0.159 e. The predicted molar refractivity (Wildman–Crippen MR) is 202 cm³/mol.